The first-order valence-electron chi connectivity index (χ1n) is 5.18. The zero-order valence-electron chi connectivity index (χ0n) is 8.75. The highest BCUT2D eigenvalue weighted by Crippen LogP contribution is 2.46. The summed E-state index contributed by atoms with van der Waals surface area (Å²) in [5.41, 5.74) is 0. The summed E-state index contributed by atoms with van der Waals surface area (Å²) in [5.74, 6) is 0. The van der Waals surface area contributed by atoms with Crippen molar-refractivity contribution in [2.45, 2.75) is 43.8 Å². The summed E-state index contributed by atoms with van der Waals surface area (Å²) in [6, 6.07) is 0. The van der Waals surface area contributed by atoms with Gasteiger partial charge in [-0.05, 0) is 25.7 Å². The highest BCUT2D eigenvalue weighted by Gasteiger charge is 2.53. The molecule has 14 heavy (non-hydrogen) atoms. The molecule has 1 fully saturated rings. The number of unbranched alkanes of at least 4 members (excludes halogenated alkanes) is 1. The SMILES string of the molecule is C=CCC1(S(=O)(=O)NCCCC)CC1. The van der Waals surface area contributed by atoms with Crippen molar-refractivity contribution in [2.24, 2.45) is 0 Å². The zero-order chi connectivity index (χ0) is 10.7. The minimum Gasteiger partial charge on any atom is -0.215 e. The molecule has 82 valence electrons. The minimum absolute atomic E-state index is 0.511. The van der Waals surface area contributed by atoms with Crippen molar-refractivity contribution in [2.75, 3.05) is 6.54 Å². The van der Waals surface area contributed by atoms with Gasteiger partial charge < -0.3 is 0 Å². The standard InChI is InChI=1S/C10H19NO2S/c1-3-5-9-11-14(12,13)10(6-4-2)7-8-10/h4,11H,2-3,5-9H2,1H3. The van der Waals surface area contributed by atoms with Crippen molar-refractivity contribution >= 4 is 10.0 Å². The summed E-state index contributed by atoms with van der Waals surface area (Å²) in [5, 5.41) is 0. The molecule has 1 aliphatic rings. The van der Waals surface area contributed by atoms with Gasteiger partial charge in [0.15, 0.2) is 0 Å². The summed E-state index contributed by atoms with van der Waals surface area (Å²) in [4.78, 5) is 0. The van der Waals surface area contributed by atoms with Gasteiger partial charge in [-0.25, -0.2) is 13.1 Å². The van der Waals surface area contributed by atoms with Crippen LogP contribution in [-0.2, 0) is 10.0 Å². The van der Waals surface area contributed by atoms with Crippen LogP contribution in [0.25, 0.3) is 0 Å². The van der Waals surface area contributed by atoms with Crippen LogP contribution in [0.15, 0.2) is 12.7 Å². The molecule has 1 N–H and O–H groups in total. The highest BCUT2D eigenvalue weighted by atomic mass is 32.2. The molecule has 0 atom stereocenters. The van der Waals surface area contributed by atoms with Gasteiger partial charge in [0.2, 0.25) is 10.0 Å². The molecule has 0 aromatic carbocycles. The molecule has 1 saturated carbocycles. The van der Waals surface area contributed by atoms with Crippen molar-refractivity contribution in [3.63, 3.8) is 0 Å². The average molecular weight is 217 g/mol. The van der Waals surface area contributed by atoms with Crippen molar-refractivity contribution < 1.29 is 8.42 Å². The van der Waals surface area contributed by atoms with Gasteiger partial charge in [-0.3, -0.25) is 0 Å². The van der Waals surface area contributed by atoms with E-state index in [0.717, 1.165) is 25.7 Å². The molecule has 3 nitrogen and oxygen atoms in total. The summed E-state index contributed by atoms with van der Waals surface area (Å²) < 4.78 is 25.8. The molecule has 0 aromatic heterocycles. The number of nitrogens with one attached hydrogen (secondary N) is 1. The molecule has 0 bridgehead atoms. The van der Waals surface area contributed by atoms with Crippen LogP contribution in [0, 0.1) is 0 Å². The minimum atomic E-state index is -3.10. The van der Waals surface area contributed by atoms with Crippen molar-refractivity contribution in [3.05, 3.63) is 12.7 Å². The molecule has 1 rings (SSSR count). The number of hydrogen-bond donors (Lipinski definition) is 1. The number of sulfonamides is 1. The van der Waals surface area contributed by atoms with Crippen LogP contribution in [-0.4, -0.2) is 19.7 Å². The smallest absolute Gasteiger partial charge is 0.215 e. The maximum atomic E-state index is 11.8. The van der Waals surface area contributed by atoms with Crippen LogP contribution in [0.3, 0.4) is 0 Å². The predicted molar refractivity (Wildman–Crippen MR) is 58.6 cm³/mol. The fourth-order valence-electron chi connectivity index (χ4n) is 1.52. The Labute approximate surface area is 86.6 Å². The maximum Gasteiger partial charge on any atom is 0.217 e. The van der Waals surface area contributed by atoms with E-state index in [1.165, 1.54) is 0 Å². The van der Waals surface area contributed by atoms with E-state index in [1.54, 1.807) is 6.08 Å². The van der Waals surface area contributed by atoms with Gasteiger partial charge in [0.25, 0.3) is 0 Å². The number of hydrogen-bond acceptors (Lipinski definition) is 2. The molecule has 0 aliphatic heterocycles. The Kier molecular flexibility index (Phi) is 3.72. The Morgan fingerprint density at radius 2 is 2.14 bits per heavy atom. The quantitative estimate of drug-likeness (QED) is 0.522. The second-order valence-electron chi connectivity index (χ2n) is 3.93. The fourth-order valence-corrected chi connectivity index (χ4v) is 3.22. The van der Waals surface area contributed by atoms with Crippen molar-refractivity contribution in [1.82, 2.24) is 4.72 Å². The van der Waals surface area contributed by atoms with Gasteiger partial charge in [0.05, 0.1) is 4.75 Å². The molecule has 1 aliphatic carbocycles. The number of allylic oxidation sites excluding steroid dienone is 1. The Morgan fingerprint density at radius 3 is 2.57 bits per heavy atom. The van der Waals surface area contributed by atoms with Gasteiger partial charge in [0, 0.05) is 6.54 Å². The van der Waals surface area contributed by atoms with Gasteiger partial charge in [-0.15, -0.1) is 6.58 Å². The van der Waals surface area contributed by atoms with Crippen molar-refractivity contribution in [3.8, 4) is 0 Å². The van der Waals surface area contributed by atoms with E-state index in [1.807, 2.05) is 6.92 Å². The second-order valence-corrected chi connectivity index (χ2v) is 6.09. The molecule has 0 heterocycles. The predicted octanol–water partition coefficient (Wildman–Crippen LogP) is 1.81. The topological polar surface area (TPSA) is 46.2 Å². The molecule has 4 heteroatoms. The first-order chi connectivity index (χ1) is 6.58. The van der Waals surface area contributed by atoms with Gasteiger partial charge in [-0.2, -0.15) is 0 Å². The lowest BCUT2D eigenvalue weighted by molar-refractivity contribution is 0.558. The van der Waals surface area contributed by atoms with E-state index in [-0.39, 0.29) is 0 Å². The normalized spacial score (nSPS) is 19.2. The Balaban J connectivity index is 2.52. The van der Waals surface area contributed by atoms with Crippen LogP contribution in [0.2, 0.25) is 0 Å². The molecular formula is C10H19NO2S. The summed E-state index contributed by atoms with van der Waals surface area (Å²) in [6.07, 6.45) is 5.75. The van der Waals surface area contributed by atoms with Crippen LogP contribution in [0.1, 0.15) is 39.0 Å². The van der Waals surface area contributed by atoms with Gasteiger partial charge in [0.1, 0.15) is 0 Å². The van der Waals surface area contributed by atoms with E-state index in [4.69, 9.17) is 0 Å². The van der Waals surface area contributed by atoms with E-state index >= 15 is 0 Å². The van der Waals surface area contributed by atoms with Crippen LogP contribution in [0.5, 0.6) is 0 Å². The molecule has 0 saturated heterocycles. The maximum absolute atomic E-state index is 11.8. The Bertz CT molecular complexity index is 291. The van der Waals surface area contributed by atoms with E-state index in [9.17, 15) is 8.42 Å². The lowest BCUT2D eigenvalue weighted by Gasteiger charge is -2.14. The van der Waals surface area contributed by atoms with E-state index in [0.29, 0.717) is 13.0 Å². The molecule has 0 amide bonds. The monoisotopic (exact) mass is 217 g/mol. The first kappa shape index (κ1) is 11.7. The van der Waals surface area contributed by atoms with Crippen molar-refractivity contribution in [1.29, 1.82) is 0 Å². The lowest BCUT2D eigenvalue weighted by Crippen LogP contribution is -2.36. The van der Waals surface area contributed by atoms with E-state index in [2.05, 4.69) is 11.3 Å². The fraction of sp³-hybridized carbons (Fsp3) is 0.800. The van der Waals surface area contributed by atoms with Crippen LogP contribution in [0.4, 0.5) is 0 Å². The highest BCUT2D eigenvalue weighted by molar-refractivity contribution is 7.91. The molecule has 0 unspecified atom stereocenters. The Morgan fingerprint density at radius 1 is 1.50 bits per heavy atom. The third kappa shape index (κ3) is 2.36. The first-order valence-corrected chi connectivity index (χ1v) is 6.66. The average Bonchev–Trinajstić information content (AvgIpc) is 2.87. The summed E-state index contributed by atoms with van der Waals surface area (Å²) >= 11 is 0. The number of rotatable bonds is 7. The summed E-state index contributed by atoms with van der Waals surface area (Å²) in [7, 11) is -3.10. The summed E-state index contributed by atoms with van der Waals surface area (Å²) in [6.45, 7) is 6.22. The third-order valence-corrected chi connectivity index (χ3v) is 5.02. The second kappa shape index (κ2) is 4.45. The molecule has 0 spiro atoms. The van der Waals surface area contributed by atoms with E-state index < -0.39 is 14.8 Å². The largest absolute Gasteiger partial charge is 0.217 e. The molecule has 0 aromatic rings. The lowest BCUT2D eigenvalue weighted by atomic mass is 10.3. The molecule has 0 radical (unpaired) electrons. The Hall–Kier alpha value is -0.350. The third-order valence-electron chi connectivity index (χ3n) is 2.72. The van der Waals surface area contributed by atoms with Gasteiger partial charge in [-0.1, -0.05) is 19.4 Å². The van der Waals surface area contributed by atoms with Crippen LogP contribution >= 0.6 is 0 Å². The zero-order valence-corrected chi connectivity index (χ0v) is 9.57. The van der Waals surface area contributed by atoms with Crippen LogP contribution < -0.4 is 4.72 Å². The molecular weight excluding hydrogens is 198 g/mol. The van der Waals surface area contributed by atoms with Gasteiger partial charge >= 0.3 is 0 Å².